The van der Waals surface area contributed by atoms with Crippen LogP contribution in [0.15, 0.2) is 48.1 Å². The Kier molecular flexibility index (Phi) is 6.81. The molecule has 1 aromatic rings. The average molecular weight is 248 g/mol. The number of carbonyl (C=O) groups is 2. The summed E-state index contributed by atoms with van der Waals surface area (Å²) in [6.07, 6.45) is 1.64. The predicted molar refractivity (Wildman–Crippen MR) is 70.2 cm³/mol. The van der Waals surface area contributed by atoms with E-state index in [4.69, 9.17) is 10.2 Å². The summed E-state index contributed by atoms with van der Waals surface area (Å²) in [5.74, 6) is -1.81. The number of carboxylic acid groups (broad SMARTS) is 2. The van der Waals surface area contributed by atoms with Crippen molar-refractivity contribution in [1.82, 2.24) is 0 Å². The SMILES string of the molecule is C=C(C)C(=O)O.CC(=Cc1ccccc1)C(=O)O. The van der Waals surface area contributed by atoms with Crippen molar-refractivity contribution in [2.75, 3.05) is 0 Å². The second-order valence-corrected chi connectivity index (χ2v) is 3.63. The van der Waals surface area contributed by atoms with E-state index in [1.165, 1.54) is 6.92 Å². The number of benzene rings is 1. The van der Waals surface area contributed by atoms with E-state index in [-0.39, 0.29) is 5.57 Å². The summed E-state index contributed by atoms with van der Waals surface area (Å²) in [5.41, 5.74) is 1.44. The van der Waals surface area contributed by atoms with Gasteiger partial charge < -0.3 is 10.2 Å². The number of rotatable bonds is 3. The van der Waals surface area contributed by atoms with Crippen LogP contribution in [0.3, 0.4) is 0 Å². The van der Waals surface area contributed by atoms with E-state index in [0.29, 0.717) is 5.57 Å². The van der Waals surface area contributed by atoms with Gasteiger partial charge in [0.2, 0.25) is 0 Å². The van der Waals surface area contributed by atoms with Crippen LogP contribution in [0.2, 0.25) is 0 Å². The Labute approximate surface area is 106 Å². The maximum atomic E-state index is 10.4. The fourth-order valence-corrected chi connectivity index (χ4v) is 0.861. The van der Waals surface area contributed by atoms with Crippen molar-refractivity contribution < 1.29 is 19.8 Å². The molecule has 1 rings (SSSR count). The van der Waals surface area contributed by atoms with Crippen molar-refractivity contribution in [1.29, 1.82) is 0 Å². The molecule has 1 aromatic carbocycles. The van der Waals surface area contributed by atoms with E-state index >= 15 is 0 Å². The first-order chi connectivity index (χ1) is 8.34. The molecule has 4 heteroatoms. The fraction of sp³-hybridized carbons (Fsp3) is 0.143. The molecule has 0 aliphatic rings. The Hall–Kier alpha value is -2.36. The third-order valence-electron chi connectivity index (χ3n) is 1.89. The number of aliphatic carboxylic acids is 2. The second kappa shape index (κ2) is 7.84. The lowest BCUT2D eigenvalue weighted by atomic mass is 10.1. The highest BCUT2D eigenvalue weighted by Gasteiger charge is 1.98. The van der Waals surface area contributed by atoms with Crippen LogP contribution >= 0.6 is 0 Å². The molecule has 0 unspecified atom stereocenters. The van der Waals surface area contributed by atoms with Crippen molar-refractivity contribution in [2.24, 2.45) is 0 Å². The lowest BCUT2D eigenvalue weighted by Gasteiger charge is -1.93. The molecular weight excluding hydrogens is 232 g/mol. The van der Waals surface area contributed by atoms with Crippen molar-refractivity contribution in [3.63, 3.8) is 0 Å². The molecule has 0 saturated carbocycles. The first-order valence-electron chi connectivity index (χ1n) is 5.20. The summed E-state index contributed by atoms with van der Waals surface area (Å²) < 4.78 is 0. The first-order valence-corrected chi connectivity index (χ1v) is 5.20. The van der Waals surface area contributed by atoms with Crippen LogP contribution in [-0.4, -0.2) is 22.2 Å². The third-order valence-corrected chi connectivity index (χ3v) is 1.89. The molecule has 0 fully saturated rings. The summed E-state index contributed by atoms with van der Waals surface area (Å²) in [4.78, 5) is 20.0. The summed E-state index contributed by atoms with van der Waals surface area (Å²) in [5, 5.41) is 16.5. The van der Waals surface area contributed by atoms with Crippen molar-refractivity contribution in [3.8, 4) is 0 Å². The smallest absolute Gasteiger partial charge is 0.331 e. The van der Waals surface area contributed by atoms with Crippen LogP contribution in [0.4, 0.5) is 0 Å². The Morgan fingerprint density at radius 3 is 1.83 bits per heavy atom. The quantitative estimate of drug-likeness (QED) is 0.806. The highest BCUT2D eigenvalue weighted by molar-refractivity contribution is 5.91. The molecule has 0 atom stereocenters. The molecule has 0 aromatic heterocycles. The highest BCUT2D eigenvalue weighted by Crippen LogP contribution is 2.05. The van der Waals surface area contributed by atoms with Crippen LogP contribution in [-0.2, 0) is 9.59 Å². The fourth-order valence-electron chi connectivity index (χ4n) is 0.861. The summed E-state index contributed by atoms with van der Waals surface area (Å²) >= 11 is 0. The molecule has 0 bridgehead atoms. The Balaban J connectivity index is 0.000000411. The molecule has 0 aliphatic heterocycles. The van der Waals surface area contributed by atoms with E-state index in [1.54, 1.807) is 13.0 Å². The van der Waals surface area contributed by atoms with Gasteiger partial charge >= 0.3 is 11.9 Å². The first kappa shape index (κ1) is 15.6. The Morgan fingerprint density at radius 1 is 1.06 bits per heavy atom. The Morgan fingerprint density at radius 2 is 1.50 bits per heavy atom. The third kappa shape index (κ3) is 7.00. The minimum Gasteiger partial charge on any atom is -0.478 e. The van der Waals surface area contributed by atoms with Crippen LogP contribution in [0.25, 0.3) is 6.08 Å². The largest absolute Gasteiger partial charge is 0.478 e. The van der Waals surface area contributed by atoms with Crippen molar-refractivity contribution in [3.05, 3.63) is 53.6 Å². The molecule has 0 aliphatic carbocycles. The van der Waals surface area contributed by atoms with Gasteiger partial charge in [0.25, 0.3) is 0 Å². The Bertz CT molecular complexity index is 446. The molecule has 96 valence electrons. The zero-order valence-corrected chi connectivity index (χ0v) is 10.4. The second-order valence-electron chi connectivity index (χ2n) is 3.63. The van der Waals surface area contributed by atoms with E-state index < -0.39 is 11.9 Å². The zero-order chi connectivity index (χ0) is 14.1. The molecule has 4 nitrogen and oxygen atoms in total. The highest BCUT2D eigenvalue weighted by atomic mass is 16.4. The van der Waals surface area contributed by atoms with E-state index in [1.807, 2.05) is 30.3 Å². The minimum absolute atomic E-state index is 0.176. The normalized spacial score (nSPS) is 10.0. The predicted octanol–water partition coefficient (Wildman–Crippen LogP) is 2.82. The molecule has 0 amide bonds. The summed E-state index contributed by atoms with van der Waals surface area (Å²) in [6, 6.07) is 9.38. The van der Waals surface area contributed by atoms with E-state index in [9.17, 15) is 9.59 Å². The van der Waals surface area contributed by atoms with Gasteiger partial charge in [0, 0.05) is 11.1 Å². The zero-order valence-electron chi connectivity index (χ0n) is 10.4. The lowest BCUT2D eigenvalue weighted by molar-refractivity contribution is -0.133. The molecule has 2 N–H and O–H groups in total. The van der Waals surface area contributed by atoms with Crippen LogP contribution in [0, 0.1) is 0 Å². The monoisotopic (exact) mass is 248 g/mol. The topological polar surface area (TPSA) is 74.6 Å². The lowest BCUT2D eigenvalue weighted by Crippen LogP contribution is -1.95. The van der Waals surface area contributed by atoms with Gasteiger partial charge in [-0.3, -0.25) is 0 Å². The molecule has 18 heavy (non-hydrogen) atoms. The van der Waals surface area contributed by atoms with Gasteiger partial charge in [-0.15, -0.1) is 0 Å². The van der Waals surface area contributed by atoms with Gasteiger partial charge in [0.15, 0.2) is 0 Å². The maximum Gasteiger partial charge on any atom is 0.331 e. The molecular formula is C14H16O4. The van der Waals surface area contributed by atoms with E-state index in [0.717, 1.165) is 5.56 Å². The van der Waals surface area contributed by atoms with Gasteiger partial charge in [0.1, 0.15) is 0 Å². The number of hydrogen-bond donors (Lipinski definition) is 2. The molecule has 0 saturated heterocycles. The van der Waals surface area contributed by atoms with Crippen molar-refractivity contribution >= 4 is 18.0 Å². The average Bonchev–Trinajstić information content (AvgIpc) is 2.30. The summed E-state index contributed by atoms with van der Waals surface area (Å²) in [7, 11) is 0. The van der Waals surface area contributed by atoms with Gasteiger partial charge in [-0.2, -0.15) is 0 Å². The van der Waals surface area contributed by atoms with Crippen LogP contribution < -0.4 is 0 Å². The van der Waals surface area contributed by atoms with Gasteiger partial charge in [-0.25, -0.2) is 9.59 Å². The standard InChI is InChI=1S/C10H10O2.C4H6O2/c1-8(10(11)12)7-9-5-3-2-4-6-9;1-3(2)4(5)6/h2-7H,1H3,(H,11,12);1H2,2H3,(H,5,6). The van der Waals surface area contributed by atoms with E-state index in [2.05, 4.69) is 6.58 Å². The van der Waals surface area contributed by atoms with Crippen LogP contribution in [0.5, 0.6) is 0 Å². The van der Waals surface area contributed by atoms with Gasteiger partial charge in [0.05, 0.1) is 0 Å². The minimum atomic E-state index is -0.935. The van der Waals surface area contributed by atoms with Gasteiger partial charge in [-0.1, -0.05) is 36.9 Å². The van der Waals surface area contributed by atoms with Gasteiger partial charge in [-0.05, 0) is 25.5 Å². The molecule has 0 spiro atoms. The molecule has 0 radical (unpaired) electrons. The summed E-state index contributed by atoms with van der Waals surface area (Å²) in [6.45, 7) is 6.18. The number of carboxylic acids is 2. The maximum absolute atomic E-state index is 10.4. The molecule has 0 heterocycles. The van der Waals surface area contributed by atoms with Crippen molar-refractivity contribution in [2.45, 2.75) is 13.8 Å². The number of hydrogen-bond acceptors (Lipinski definition) is 2. The van der Waals surface area contributed by atoms with Crippen LogP contribution in [0.1, 0.15) is 19.4 Å².